The van der Waals surface area contributed by atoms with Gasteiger partial charge in [-0.05, 0) is 55.3 Å². The molecule has 0 aliphatic heterocycles. The molecule has 1 atom stereocenters. The van der Waals surface area contributed by atoms with E-state index in [4.69, 9.17) is 5.73 Å². The van der Waals surface area contributed by atoms with Crippen LogP contribution in [0.3, 0.4) is 0 Å². The Bertz CT molecular complexity index is 490. The summed E-state index contributed by atoms with van der Waals surface area (Å²) in [6.45, 7) is 2.95. The highest BCUT2D eigenvalue weighted by atomic mass is 14.5. The molecule has 1 unspecified atom stereocenters. The third-order valence-electron chi connectivity index (χ3n) is 3.77. The molecule has 0 aliphatic rings. The molecule has 0 amide bonds. The van der Waals surface area contributed by atoms with Crippen LogP contribution in [0, 0.1) is 6.92 Å². The Morgan fingerprint density at radius 1 is 0.895 bits per heavy atom. The lowest BCUT2D eigenvalue weighted by Crippen LogP contribution is -2.09. The maximum Gasteiger partial charge on any atom is -0.00714 e. The average molecular weight is 253 g/mol. The summed E-state index contributed by atoms with van der Waals surface area (Å²) in [5, 5.41) is 0. The van der Waals surface area contributed by atoms with Gasteiger partial charge < -0.3 is 5.73 Å². The Morgan fingerprint density at radius 3 is 2.26 bits per heavy atom. The van der Waals surface area contributed by atoms with Gasteiger partial charge >= 0.3 is 0 Å². The van der Waals surface area contributed by atoms with E-state index in [2.05, 4.69) is 61.5 Å². The quantitative estimate of drug-likeness (QED) is 0.825. The van der Waals surface area contributed by atoms with E-state index in [1.165, 1.54) is 23.1 Å². The monoisotopic (exact) mass is 253 g/mol. The lowest BCUT2D eigenvalue weighted by Gasteiger charge is -2.19. The van der Waals surface area contributed by atoms with E-state index in [9.17, 15) is 0 Å². The molecule has 0 aromatic heterocycles. The van der Waals surface area contributed by atoms with E-state index in [0.29, 0.717) is 5.92 Å². The molecule has 0 saturated heterocycles. The lowest BCUT2D eigenvalue weighted by molar-refractivity contribution is 0.581. The first-order chi connectivity index (χ1) is 9.31. The molecule has 1 nitrogen and oxygen atoms in total. The minimum Gasteiger partial charge on any atom is -0.330 e. The van der Waals surface area contributed by atoms with Crippen LogP contribution < -0.4 is 5.73 Å². The van der Waals surface area contributed by atoms with Crippen molar-refractivity contribution in [2.24, 2.45) is 5.73 Å². The summed E-state index contributed by atoms with van der Waals surface area (Å²) in [5.74, 6) is 0.575. The summed E-state index contributed by atoms with van der Waals surface area (Å²) in [6, 6.07) is 19.4. The second-order valence-electron chi connectivity index (χ2n) is 5.16. The van der Waals surface area contributed by atoms with Crippen molar-refractivity contribution in [3.8, 4) is 0 Å². The molecule has 0 fully saturated rings. The molecule has 0 bridgehead atoms. The lowest BCUT2D eigenvalue weighted by atomic mass is 9.87. The molecule has 2 aromatic rings. The molecule has 100 valence electrons. The zero-order valence-electron chi connectivity index (χ0n) is 11.7. The second-order valence-corrected chi connectivity index (χ2v) is 5.16. The topological polar surface area (TPSA) is 26.0 Å². The van der Waals surface area contributed by atoms with Crippen LogP contribution in [0.4, 0.5) is 0 Å². The van der Waals surface area contributed by atoms with Gasteiger partial charge in [-0.2, -0.15) is 0 Å². The number of hydrogen-bond acceptors (Lipinski definition) is 1. The highest BCUT2D eigenvalue weighted by Crippen LogP contribution is 2.27. The van der Waals surface area contributed by atoms with E-state index in [1.807, 2.05) is 0 Å². The van der Waals surface area contributed by atoms with Crippen molar-refractivity contribution >= 4 is 0 Å². The summed E-state index contributed by atoms with van der Waals surface area (Å²) in [5.41, 5.74) is 10.0. The van der Waals surface area contributed by atoms with Gasteiger partial charge in [0.15, 0.2) is 0 Å². The van der Waals surface area contributed by atoms with Crippen molar-refractivity contribution < 1.29 is 0 Å². The molecule has 0 saturated carbocycles. The number of nitrogens with two attached hydrogens (primary N) is 1. The number of hydrogen-bond donors (Lipinski definition) is 1. The van der Waals surface area contributed by atoms with Crippen LogP contribution in [0.25, 0.3) is 0 Å². The van der Waals surface area contributed by atoms with Gasteiger partial charge in [0.1, 0.15) is 0 Å². The minimum atomic E-state index is 0.575. The Hall–Kier alpha value is -1.60. The van der Waals surface area contributed by atoms with Crippen molar-refractivity contribution in [1.29, 1.82) is 0 Å². The van der Waals surface area contributed by atoms with Gasteiger partial charge in [0.2, 0.25) is 0 Å². The molecule has 1 heteroatoms. The Labute approximate surface area is 116 Å². The smallest absolute Gasteiger partial charge is 0.00714 e. The fourth-order valence-electron chi connectivity index (χ4n) is 2.69. The van der Waals surface area contributed by atoms with Gasteiger partial charge in [-0.3, -0.25) is 0 Å². The van der Waals surface area contributed by atoms with Crippen LogP contribution >= 0.6 is 0 Å². The Morgan fingerprint density at radius 2 is 1.58 bits per heavy atom. The molecule has 0 aliphatic carbocycles. The zero-order valence-corrected chi connectivity index (χ0v) is 11.7. The fraction of sp³-hybridized carbons (Fsp3) is 0.333. The fourth-order valence-corrected chi connectivity index (χ4v) is 2.69. The minimum absolute atomic E-state index is 0.575. The molecule has 0 heterocycles. The summed E-state index contributed by atoms with van der Waals surface area (Å²) < 4.78 is 0. The second kappa shape index (κ2) is 7.10. The SMILES string of the molecule is Cc1ccccc1C(CCN)CCc1ccccc1. The first kappa shape index (κ1) is 13.8. The van der Waals surface area contributed by atoms with Gasteiger partial charge in [-0.25, -0.2) is 0 Å². The molecule has 0 radical (unpaired) electrons. The van der Waals surface area contributed by atoms with E-state index in [1.54, 1.807) is 0 Å². The molecule has 2 N–H and O–H groups in total. The normalized spacial score (nSPS) is 12.3. The van der Waals surface area contributed by atoms with Crippen molar-refractivity contribution in [1.82, 2.24) is 0 Å². The zero-order chi connectivity index (χ0) is 13.5. The summed E-state index contributed by atoms with van der Waals surface area (Å²) >= 11 is 0. The van der Waals surface area contributed by atoms with Gasteiger partial charge in [-0.1, -0.05) is 54.6 Å². The third kappa shape index (κ3) is 3.93. The molecular formula is C18H23N. The van der Waals surface area contributed by atoms with Crippen LogP contribution in [0.5, 0.6) is 0 Å². The number of aryl methyl sites for hydroxylation is 2. The molecule has 2 aromatic carbocycles. The van der Waals surface area contributed by atoms with E-state index in [0.717, 1.165) is 19.4 Å². The number of rotatable bonds is 6. The maximum absolute atomic E-state index is 5.79. The molecular weight excluding hydrogens is 230 g/mol. The largest absolute Gasteiger partial charge is 0.330 e. The summed E-state index contributed by atoms with van der Waals surface area (Å²) in [6.07, 6.45) is 3.36. The van der Waals surface area contributed by atoms with E-state index < -0.39 is 0 Å². The highest BCUT2D eigenvalue weighted by molar-refractivity contribution is 5.29. The summed E-state index contributed by atoms with van der Waals surface area (Å²) in [4.78, 5) is 0. The standard InChI is InChI=1S/C18H23N/c1-15-7-5-6-10-18(15)17(13-14-19)12-11-16-8-3-2-4-9-16/h2-10,17H,11-14,19H2,1H3. The van der Waals surface area contributed by atoms with Crippen molar-refractivity contribution in [3.63, 3.8) is 0 Å². The van der Waals surface area contributed by atoms with Crippen molar-refractivity contribution in [2.45, 2.75) is 32.1 Å². The van der Waals surface area contributed by atoms with Crippen molar-refractivity contribution in [2.75, 3.05) is 6.54 Å². The van der Waals surface area contributed by atoms with Gasteiger partial charge in [0, 0.05) is 0 Å². The predicted molar refractivity (Wildman–Crippen MR) is 82.4 cm³/mol. The molecule has 19 heavy (non-hydrogen) atoms. The van der Waals surface area contributed by atoms with Crippen LogP contribution in [0.1, 0.15) is 35.4 Å². The van der Waals surface area contributed by atoms with Gasteiger partial charge in [-0.15, -0.1) is 0 Å². The van der Waals surface area contributed by atoms with Crippen LogP contribution in [-0.4, -0.2) is 6.54 Å². The predicted octanol–water partition coefficient (Wildman–Crippen LogP) is 4.06. The van der Waals surface area contributed by atoms with Crippen LogP contribution in [-0.2, 0) is 6.42 Å². The van der Waals surface area contributed by atoms with Crippen molar-refractivity contribution in [3.05, 3.63) is 71.3 Å². The van der Waals surface area contributed by atoms with Gasteiger partial charge in [0.05, 0.1) is 0 Å². The first-order valence-electron chi connectivity index (χ1n) is 7.11. The van der Waals surface area contributed by atoms with Gasteiger partial charge in [0.25, 0.3) is 0 Å². The summed E-state index contributed by atoms with van der Waals surface area (Å²) in [7, 11) is 0. The first-order valence-corrected chi connectivity index (χ1v) is 7.11. The van der Waals surface area contributed by atoms with Crippen LogP contribution in [0.2, 0.25) is 0 Å². The highest BCUT2D eigenvalue weighted by Gasteiger charge is 2.12. The molecule has 2 rings (SSSR count). The molecule has 0 spiro atoms. The van der Waals surface area contributed by atoms with Crippen LogP contribution in [0.15, 0.2) is 54.6 Å². The third-order valence-corrected chi connectivity index (χ3v) is 3.77. The average Bonchev–Trinajstić information content (AvgIpc) is 2.45. The van der Waals surface area contributed by atoms with E-state index in [-0.39, 0.29) is 0 Å². The maximum atomic E-state index is 5.79. The Kier molecular flexibility index (Phi) is 5.17. The number of benzene rings is 2. The van der Waals surface area contributed by atoms with E-state index >= 15 is 0 Å². The Balaban J connectivity index is 2.07.